The van der Waals surface area contributed by atoms with Gasteiger partial charge in [-0.25, -0.2) is 4.98 Å². The zero-order valence-corrected chi connectivity index (χ0v) is 11.4. The van der Waals surface area contributed by atoms with Gasteiger partial charge in [-0.2, -0.15) is 0 Å². The molecule has 1 aromatic heterocycles. The van der Waals surface area contributed by atoms with Crippen molar-refractivity contribution in [3.8, 4) is 0 Å². The molecule has 2 atom stereocenters. The van der Waals surface area contributed by atoms with Crippen LogP contribution in [0.1, 0.15) is 37.7 Å². The minimum absolute atomic E-state index is 0.603. The second kappa shape index (κ2) is 4.88. The van der Waals surface area contributed by atoms with Crippen LogP contribution >= 0.6 is 0 Å². The number of nitrogens with zero attached hydrogens (tertiary/aromatic N) is 2. The number of fused-ring (bicyclic) bond motifs is 2. The smallest absolute Gasteiger partial charge is 0.126 e. The summed E-state index contributed by atoms with van der Waals surface area (Å²) in [6.45, 7) is 2.12. The number of anilines is 1. The van der Waals surface area contributed by atoms with Gasteiger partial charge in [0.05, 0.1) is 0 Å². The number of rotatable bonds is 2. The molecule has 2 aliphatic heterocycles. The highest BCUT2D eigenvalue weighted by molar-refractivity contribution is 5.38. The first-order valence-corrected chi connectivity index (χ1v) is 7.13. The van der Waals surface area contributed by atoms with Crippen molar-refractivity contribution in [2.75, 3.05) is 12.4 Å². The van der Waals surface area contributed by atoms with Gasteiger partial charge < -0.3 is 10.2 Å². The normalized spacial score (nSPS) is 32.2. The molecule has 3 heteroatoms. The Kier molecular flexibility index (Phi) is 3.25. The number of nitrogens with one attached hydrogen (secondary N) is 1. The van der Waals surface area contributed by atoms with E-state index in [2.05, 4.69) is 41.3 Å². The highest BCUT2D eigenvalue weighted by Crippen LogP contribution is 2.33. The first-order chi connectivity index (χ1) is 8.72. The van der Waals surface area contributed by atoms with E-state index in [1.54, 1.807) is 0 Å². The second-order valence-corrected chi connectivity index (χ2v) is 5.94. The van der Waals surface area contributed by atoms with Crippen LogP contribution in [0.15, 0.2) is 18.3 Å². The van der Waals surface area contributed by atoms with Crippen LogP contribution in [0.5, 0.6) is 0 Å². The van der Waals surface area contributed by atoms with Gasteiger partial charge in [0.25, 0.3) is 0 Å². The number of piperidine rings is 2. The molecule has 3 nitrogen and oxygen atoms in total. The predicted octanol–water partition coefficient (Wildman–Crippen LogP) is 2.82. The van der Waals surface area contributed by atoms with Crippen molar-refractivity contribution >= 4 is 5.82 Å². The summed E-state index contributed by atoms with van der Waals surface area (Å²) in [5.41, 5.74) is 1.28. The van der Waals surface area contributed by atoms with Crippen LogP contribution in [0.25, 0.3) is 0 Å². The number of aryl methyl sites for hydroxylation is 1. The van der Waals surface area contributed by atoms with Crippen LogP contribution in [0.3, 0.4) is 0 Å². The monoisotopic (exact) mass is 245 g/mol. The van der Waals surface area contributed by atoms with E-state index >= 15 is 0 Å². The largest absolute Gasteiger partial charge is 0.367 e. The molecule has 18 heavy (non-hydrogen) atoms. The van der Waals surface area contributed by atoms with Crippen molar-refractivity contribution in [2.45, 2.75) is 57.2 Å². The average Bonchev–Trinajstić information content (AvgIpc) is 2.30. The molecule has 2 unspecified atom stereocenters. The molecule has 1 aromatic rings. The maximum atomic E-state index is 4.42. The molecule has 2 bridgehead atoms. The molecule has 2 fully saturated rings. The molecule has 0 amide bonds. The Bertz CT molecular complexity index is 404. The van der Waals surface area contributed by atoms with Gasteiger partial charge in [-0.15, -0.1) is 0 Å². The maximum Gasteiger partial charge on any atom is 0.126 e. The molecule has 0 spiro atoms. The van der Waals surface area contributed by atoms with E-state index in [-0.39, 0.29) is 0 Å². The summed E-state index contributed by atoms with van der Waals surface area (Å²) in [7, 11) is 2.30. The summed E-state index contributed by atoms with van der Waals surface area (Å²) in [4.78, 5) is 7.02. The predicted molar refractivity (Wildman–Crippen MR) is 74.8 cm³/mol. The van der Waals surface area contributed by atoms with Gasteiger partial charge in [0, 0.05) is 24.3 Å². The van der Waals surface area contributed by atoms with E-state index in [1.165, 1.54) is 37.7 Å². The number of aromatic nitrogens is 1. The summed E-state index contributed by atoms with van der Waals surface area (Å²) in [5, 5.41) is 3.63. The van der Waals surface area contributed by atoms with Crippen molar-refractivity contribution in [1.29, 1.82) is 0 Å². The van der Waals surface area contributed by atoms with Crippen LogP contribution in [0.4, 0.5) is 5.82 Å². The van der Waals surface area contributed by atoms with E-state index in [4.69, 9.17) is 0 Å². The SMILES string of the molecule is Cc1ccnc(NC2CC3CCCC(C2)N3C)c1. The minimum Gasteiger partial charge on any atom is -0.367 e. The topological polar surface area (TPSA) is 28.2 Å². The lowest BCUT2D eigenvalue weighted by Crippen LogP contribution is -2.52. The van der Waals surface area contributed by atoms with E-state index in [1.807, 2.05) is 6.20 Å². The molecule has 0 aromatic carbocycles. The van der Waals surface area contributed by atoms with Gasteiger partial charge in [-0.05, 0) is 57.4 Å². The Morgan fingerprint density at radius 2 is 2.00 bits per heavy atom. The van der Waals surface area contributed by atoms with Crippen molar-refractivity contribution < 1.29 is 0 Å². The Hall–Kier alpha value is -1.09. The Morgan fingerprint density at radius 3 is 2.67 bits per heavy atom. The molecule has 1 N–H and O–H groups in total. The van der Waals surface area contributed by atoms with Gasteiger partial charge in [-0.3, -0.25) is 0 Å². The summed E-state index contributed by atoms with van der Waals surface area (Å²) in [5.74, 6) is 1.04. The van der Waals surface area contributed by atoms with Gasteiger partial charge >= 0.3 is 0 Å². The minimum atomic E-state index is 0.603. The molecule has 98 valence electrons. The molecule has 0 aliphatic carbocycles. The van der Waals surface area contributed by atoms with Crippen molar-refractivity contribution in [1.82, 2.24) is 9.88 Å². The Morgan fingerprint density at radius 1 is 1.28 bits per heavy atom. The molecule has 2 saturated heterocycles. The second-order valence-electron chi connectivity index (χ2n) is 5.94. The fraction of sp³-hybridized carbons (Fsp3) is 0.667. The lowest BCUT2D eigenvalue weighted by Gasteiger charge is -2.47. The standard InChI is InChI=1S/C15H23N3/c1-11-6-7-16-15(8-11)17-12-9-13-4-3-5-14(10-12)18(13)2/h6-8,12-14H,3-5,9-10H2,1-2H3,(H,16,17). The van der Waals surface area contributed by atoms with Crippen LogP contribution in [0.2, 0.25) is 0 Å². The fourth-order valence-corrected chi connectivity index (χ4v) is 3.56. The third kappa shape index (κ3) is 2.37. The molecule has 0 saturated carbocycles. The molecule has 3 rings (SSSR count). The van der Waals surface area contributed by atoms with E-state index in [0.717, 1.165) is 17.9 Å². The van der Waals surface area contributed by atoms with Gasteiger partial charge in [0.1, 0.15) is 5.82 Å². The summed E-state index contributed by atoms with van der Waals surface area (Å²) >= 11 is 0. The maximum absolute atomic E-state index is 4.42. The number of hydrogen-bond donors (Lipinski definition) is 1. The summed E-state index contributed by atoms with van der Waals surface area (Å²) < 4.78 is 0. The zero-order chi connectivity index (χ0) is 12.5. The van der Waals surface area contributed by atoms with Gasteiger partial charge in [0.2, 0.25) is 0 Å². The van der Waals surface area contributed by atoms with Crippen LogP contribution in [0, 0.1) is 6.92 Å². The first kappa shape index (κ1) is 12.0. The summed E-state index contributed by atoms with van der Waals surface area (Å²) in [6, 6.07) is 6.35. The average molecular weight is 245 g/mol. The molecule has 3 heterocycles. The van der Waals surface area contributed by atoms with E-state index < -0.39 is 0 Å². The van der Waals surface area contributed by atoms with Crippen molar-refractivity contribution in [3.05, 3.63) is 23.9 Å². The first-order valence-electron chi connectivity index (χ1n) is 7.13. The highest BCUT2D eigenvalue weighted by Gasteiger charge is 2.35. The fourth-order valence-electron chi connectivity index (χ4n) is 3.56. The third-order valence-corrected chi connectivity index (χ3v) is 4.61. The van der Waals surface area contributed by atoms with Gasteiger partial charge in [0.15, 0.2) is 0 Å². The third-order valence-electron chi connectivity index (χ3n) is 4.61. The van der Waals surface area contributed by atoms with E-state index in [0.29, 0.717) is 6.04 Å². The van der Waals surface area contributed by atoms with E-state index in [9.17, 15) is 0 Å². The van der Waals surface area contributed by atoms with Crippen LogP contribution in [-0.4, -0.2) is 35.1 Å². The zero-order valence-electron chi connectivity index (χ0n) is 11.4. The Balaban J connectivity index is 1.68. The number of hydrogen-bond acceptors (Lipinski definition) is 3. The quantitative estimate of drug-likeness (QED) is 0.868. The van der Waals surface area contributed by atoms with Crippen molar-refractivity contribution in [2.24, 2.45) is 0 Å². The van der Waals surface area contributed by atoms with Gasteiger partial charge in [-0.1, -0.05) is 6.42 Å². The lowest BCUT2D eigenvalue weighted by molar-refractivity contribution is 0.0608. The van der Waals surface area contributed by atoms with Crippen LogP contribution < -0.4 is 5.32 Å². The highest BCUT2D eigenvalue weighted by atomic mass is 15.2. The molecular weight excluding hydrogens is 222 g/mol. The van der Waals surface area contributed by atoms with Crippen LogP contribution in [-0.2, 0) is 0 Å². The summed E-state index contributed by atoms with van der Waals surface area (Å²) in [6.07, 6.45) is 8.58. The molecule has 0 radical (unpaired) electrons. The van der Waals surface area contributed by atoms with Crippen molar-refractivity contribution in [3.63, 3.8) is 0 Å². The molecule has 2 aliphatic rings. The lowest BCUT2D eigenvalue weighted by atomic mass is 9.82. The Labute approximate surface area is 110 Å². The molecular formula is C15H23N3. The number of pyridine rings is 1.